The maximum Gasteiger partial charge on any atom is 3.00 e. The zero-order valence-electron chi connectivity index (χ0n) is 20.5. The molecule has 0 atom stereocenters. The van der Waals surface area contributed by atoms with E-state index in [0.717, 1.165) is 43.6 Å². The number of aromatic nitrogens is 4. The van der Waals surface area contributed by atoms with Crippen LogP contribution in [0.15, 0.2) is 97.6 Å². The molecule has 1 radical (unpaired) electrons. The number of benzene rings is 2. The third kappa shape index (κ3) is 11.8. The summed E-state index contributed by atoms with van der Waals surface area (Å²) in [5.74, 6) is 0. The van der Waals surface area contributed by atoms with Gasteiger partial charge in [0.2, 0.25) is 0 Å². The van der Waals surface area contributed by atoms with Crippen LogP contribution in [-0.4, -0.2) is 35.2 Å². The van der Waals surface area contributed by atoms with Crippen LogP contribution in [0.1, 0.15) is 0 Å². The van der Waals surface area contributed by atoms with Crippen molar-refractivity contribution in [3.05, 3.63) is 144 Å². The molecule has 205 valence electrons. The predicted octanol–water partition coefficient (Wildman–Crippen LogP) is 4.85. The SMILES string of the molecule is O=[N+]([O-])[O-].O=[N+]([O-])[O-].O=[N+]([O-])[O-].[Ce+3].c1cnc2c(c1)ccc1cccnc12.c1cnc2c(c1)ccc1cccnc12. The van der Waals surface area contributed by atoms with Gasteiger partial charge >= 0.3 is 41.7 Å². The minimum atomic E-state index is -1.75. The molecule has 0 aliphatic heterocycles. The Morgan fingerprint density at radius 2 is 0.561 bits per heavy atom. The smallest absolute Gasteiger partial charge is 0.356 e. The van der Waals surface area contributed by atoms with Crippen molar-refractivity contribution in [3.8, 4) is 0 Å². The van der Waals surface area contributed by atoms with Crippen molar-refractivity contribution in [2.24, 2.45) is 0 Å². The van der Waals surface area contributed by atoms with Crippen molar-refractivity contribution >= 4 is 43.6 Å². The van der Waals surface area contributed by atoms with E-state index in [0.29, 0.717) is 0 Å². The predicted molar refractivity (Wildman–Crippen MR) is 145 cm³/mol. The first-order valence-electron chi connectivity index (χ1n) is 10.7. The minimum absolute atomic E-state index is 0. The van der Waals surface area contributed by atoms with E-state index in [1.165, 1.54) is 0 Å². The normalized spacial score (nSPS) is 9.17. The zero-order valence-corrected chi connectivity index (χ0v) is 23.7. The van der Waals surface area contributed by atoms with Crippen molar-refractivity contribution in [3.63, 3.8) is 0 Å². The molecule has 0 fully saturated rings. The van der Waals surface area contributed by atoms with Gasteiger partial charge in [-0.25, -0.2) is 0 Å². The third-order valence-electron chi connectivity index (χ3n) is 4.69. The monoisotopic (exact) mass is 686 g/mol. The molecule has 0 spiro atoms. The number of hydrogen-bond donors (Lipinski definition) is 0. The number of nitrogens with zero attached hydrogens (tertiary/aromatic N) is 7. The van der Waals surface area contributed by atoms with Gasteiger partial charge in [-0.2, -0.15) is 0 Å². The van der Waals surface area contributed by atoms with Gasteiger partial charge < -0.3 is 46.0 Å². The van der Waals surface area contributed by atoms with E-state index in [4.69, 9.17) is 46.0 Å². The standard InChI is InChI=1S/2C12H8N2.Ce.3NO3/c2*1-3-9-5-6-10-4-2-8-14-12(10)11(9)13-7-1;;3*2-1(3)4/h2*1-8H;;;;/q;;+3;3*-1. The van der Waals surface area contributed by atoms with Crippen LogP contribution in [0.2, 0.25) is 0 Å². The topological polar surface area (TPSA) is 250 Å². The molecule has 17 heteroatoms. The van der Waals surface area contributed by atoms with Gasteiger partial charge in [0.05, 0.1) is 37.3 Å². The molecule has 0 unspecified atom stereocenters. The maximum atomic E-state index is 8.25. The third-order valence-corrected chi connectivity index (χ3v) is 4.69. The molecule has 0 N–H and O–H groups in total. The number of pyridine rings is 4. The van der Waals surface area contributed by atoms with Gasteiger partial charge in [-0.3, -0.25) is 19.9 Å². The van der Waals surface area contributed by atoms with Crippen LogP contribution in [0.25, 0.3) is 43.6 Å². The Hall–Kier alpha value is -4.94. The number of hydrogen-bond acceptors (Lipinski definition) is 13. The Kier molecular flexibility index (Phi) is 14.6. The maximum absolute atomic E-state index is 8.25. The van der Waals surface area contributed by atoms with Crippen LogP contribution in [0.3, 0.4) is 0 Å². The van der Waals surface area contributed by atoms with E-state index in [1.54, 1.807) is 24.8 Å². The summed E-state index contributed by atoms with van der Waals surface area (Å²) in [6.07, 6.45) is 7.21. The molecule has 4 heterocycles. The molecule has 4 aromatic heterocycles. The molecular formula is C24H16CeN7O9. The summed E-state index contributed by atoms with van der Waals surface area (Å²) in [7, 11) is 0. The van der Waals surface area contributed by atoms with Crippen molar-refractivity contribution in [1.29, 1.82) is 0 Å². The summed E-state index contributed by atoms with van der Waals surface area (Å²) in [4.78, 5) is 42.1. The van der Waals surface area contributed by atoms with Gasteiger partial charge in [-0.05, 0) is 24.3 Å². The average Bonchev–Trinajstić information content (AvgIpc) is 2.92. The summed E-state index contributed by atoms with van der Waals surface area (Å²) in [6.45, 7) is 0. The molecule has 0 saturated carbocycles. The Labute approximate surface area is 262 Å². The summed E-state index contributed by atoms with van der Waals surface area (Å²) in [5, 5.41) is 48.8. The Balaban J connectivity index is 0.000000293. The molecule has 6 aromatic rings. The Morgan fingerprint density at radius 3 is 0.732 bits per heavy atom. The minimum Gasteiger partial charge on any atom is -0.356 e. The summed E-state index contributed by atoms with van der Waals surface area (Å²) < 4.78 is 0. The quantitative estimate of drug-likeness (QED) is 0.118. The van der Waals surface area contributed by atoms with E-state index >= 15 is 0 Å². The van der Waals surface area contributed by atoms with Crippen molar-refractivity contribution in [1.82, 2.24) is 19.9 Å². The molecule has 0 aliphatic rings. The van der Waals surface area contributed by atoms with Gasteiger partial charge in [0.15, 0.2) is 0 Å². The van der Waals surface area contributed by atoms with Crippen LogP contribution >= 0.6 is 0 Å². The first-order chi connectivity index (χ1) is 19.1. The van der Waals surface area contributed by atoms with Crippen LogP contribution in [0.5, 0.6) is 0 Å². The molecule has 41 heavy (non-hydrogen) atoms. The number of rotatable bonds is 0. The fraction of sp³-hybridized carbons (Fsp3) is 0. The molecule has 0 saturated heterocycles. The molecular weight excluding hydrogens is 670 g/mol. The van der Waals surface area contributed by atoms with Gasteiger partial charge in [-0.1, -0.05) is 48.5 Å². The van der Waals surface area contributed by atoms with Crippen molar-refractivity contribution < 1.29 is 57.0 Å². The second-order valence-corrected chi connectivity index (χ2v) is 7.10. The fourth-order valence-corrected chi connectivity index (χ4v) is 3.36. The Morgan fingerprint density at radius 1 is 0.390 bits per heavy atom. The second kappa shape index (κ2) is 17.6. The molecule has 16 nitrogen and oxygen atoms in total. The first kappa shape index (κ1) is 34.1. The summed E-state index contributed by atoms with van der Waals surface area (Å²) >= 11 is 0. The van der Waals surface area contributed by atoms with Gasteiger partial charge in [0.1, 0.15) is 0 Å². The second-order valence-electron chi connectivity index (χ2n) is 7.10. The van der Waals surface area contributed by atoms with Gasteiger partial charge in [0, 0.05) is 46.3 Å². The Bertz CT molecular complexity index is 1500. The largest absolute Gasteiger partial charge is 3.00 e. The first-order valence-corrected chi connectivity index (χ1v) is 10.7. The van der Waals surface area contributed by atoms with E-state index in [1.807, 2.05) is 24.3 Å². The van der Waals surface area contributed by atoms with Gasteiger partial charge in [-0.15, -0.1) is 0 Å². The van der Waals surface area contributed by atoms with Crippen molar-refractivity contribution in [2.45, 2.75) is 0 Å². The van der Waals surface area contributed by atoms with Crippen LogP contribution in [0.4, 0.5) is 0 Å². The van der Waals surface area contributed by atoms with E-state index in [9.17, 15) is 0 Å². The molecule has 0 bridgehead atoms. The molecule has 0 amide bonds. The van der Waals surface area contributed by atoms with Crippen LogP contribution < -0.4 is 0 Å². The molecule has 2 aromatic carbocycles. The van der Waals surface area contributed by atoms with E-state index in [2.05, 4.69) is 68.5 Å². The van der Waals surface area contributed by atoms with Gasteiger partial charge in [0.25, 0.3) is 0 Å². The van der Waals surface area contributed by atoms with Crippen LogP contribution in [-0.2, 0) is 0 Å². The fourth-order valence-electron chi connectivity index (χ4n) is 3.36. The zero-order chi connectivity index (χ0) is 29.5. The molecule has 0 aliphatic carbocycles. The average molecular weight is 687 g/mol. The number of fused-ring (bicyclic) bond motifs is 6. The van der Waals surface area contributed by atoms with E-state index in [-0.39, 0.29) is 41.7 Å². The van der Waals surface area contributed by atoms with E-state index < -0.39 is 15.3 Å². The van der Waals surface area contributed by atoms with Crippen molar-refractivity contribution in [2.75, 3.05) is 0 Å². The molecule has 6 rings (SSSR count). The van der Waals surface area contributed by atoms with Crippen LogP contribution in [0, 0.1) is 87.7 Å². The summed E-state index contributed by atoms with van der Waals surface area (Å²) in [5.41, 5.74) is 3.91. The summed E-state index contributed by atoms with van der Waals surface area (Å²) in [6, 6.07) is 24.3.